The van der Waals surface area contributed by atoms with Gasteiger partial charge in [-0.2, -0.15) is 0 Å². The van der Waals surface area contributed by atoms with Crippen molar-refractivity contribution in [2.75, 3.05) is 13.1 Å². The van der Waals surface area contributed by atoms with Crippen LogP contribution in [0.2, 0.25) is 0 Å². The second kappa shape index (κ2) is 5.65. The van der Waals surface area contributed by atoms with Gasteiger partial charge in [0, 0.05) is 0 Å². The van der Waals surface area contributed by atoms with E-state index in [4.69, 9.17) is 0 Å². The molecule has 0 atom stereocenters. The highest BCUT2D eigenvalue weighted by atomic mass is 19.3. The van der Waals surface area contributed by atoms with Gasteiger partial charge in [0.1, 0.15) is 5.75 Å². The summed E-state index contributed by atoms with van der Waals surface area (Å²) in [5.41, 5.74) is 1.21. The summed E-state index contributed by atoms with van der Waals surface area (Å²) in [5, 5.41) is 13.2. The minimum absolute atomic E-state index is 0.214. The Morgan fingerprint density at radius 1 is 1.33 bits per heavy atom. The van der Waals surface area contributed by atoms with Crippen molar-refractivity contribution in [3.63, 3.8) is 0 Å². The Hall–Kier alpha value is -1.16. The standard InChI is InChI=1S/C14H19F2NO/c1-9-6-11(8-10-2-4-17-5-3-10)13(18)12(7-9)14(15)16/h6-7,10,14,17-18H,2-5,8H2,1H3. The van der Waals surface area contributed by atoms with Crippen LogP contribution >= 0.6 is 0 Å². The summed E-state index contributed by atoms with van der Waals surface area (Å²) in [6, 6.07) is 3.19. The lowest BCUT2D eigenvalue weighted by Crippen LogP contribution is -2.28. The number of halogens is 2. The first-order valence-electron chi connectivity index (χ1n) is 6.39. The molecule has 1 aromatic carbocycles. The average molecular weight is 255 g/mol. The summed E-state index contributed by atoms with van der Waals surface area (Å²) in [7, 11) is 0. The van der Waals surface area contributed by atoms with Crippen molar-refractivity contribution in [2.24, 2.45) is 5.92 Å². The number of benzene rings is 1. The van der Waals surface area contributed by atoms with Gasteiger partial charge in [-0.1, -0.05) is 11.6 Å². The van der Waals surface area contributed by atoms with E-state index >= 15 is 0 Å². The third kappa shape index (κ3) is 2.99. The average Bonchev–Trinajstić information content (AvgIpc) is 2.34. The molecule has 4 heteroatoms. The maximum atomic E-state index is 12.8. The molecule has 2 N–H and O–H groups in total. The van der Waals surface area contributed by atoms with E-state index in [-0.39, 0.29) is 11.3 Å². The number of alkyl halides is 2. The van der Waals surface area contributed by atoms with Crippen LogP contribution in [0.4, 0.5) is 8.78 Å². The first-order chi connectivity index (χ1) is 8.58. The quantitative estimate of drug-likeness (QED) is 0.869. The second-order valence-electron chi connectivity index (χ2n) is 5.06. The molecule has 18 heavy (non-hydrogen) atoms. The van der Waals surface area contributed by atoms with Gasteiger partial charge in [-0.25, -0.2) is 8.78 Å². The highest BCUT2D eigenvalue weighted by Crippen LogP contribution is 2.34. The lowest BCUT2D eigenvalue weighted by molar-refractivity contribution is 0.147. The molecule has 0 bridgehead atoms. The van der Waals surface area contributed by atoms with E-state index in [0.717, 1.165) is 31.5 Å². The molecule has 1 aromatic rings. The number of rotatable bonds is 3. The maximum absolute atomic E-state index is 12.8. The molecule has 0 amide bonds. The van der Waals surface area contributed by atoms with Crippen molar-refractivity contribution >= 4 is 0 Å². The van der Waals surface area contributed by atoms with Crippen LogP contribution in [-0.2, 0) is 6.42 Å². The van der Waals surface area contributed by atoms with Crippen LogP contribution in [0.15, 0.2) is 12.1 Å². The van der Waals surface area contributed by atoms with Gasteiger partial charge in [0.05, 0.1) is 5.56 Å². The van der Waals surface area contributed by atoms with Gasteiger partial charge in [0.25, 0.3) is 6.43 Å². The molecule has 1 saturated heterocycles. The van der Waals surface area contributed by atoms with Gasteiger partial charge >= 0.3 is 0 Å². The smallest absolute Gasteiger partial charge is 0.267 e. The number of aryl methyl sites for hydroxylation is 1. The molecule has 0 saturated carbocycles. The number of aromatic hydroxyl groups is 1. The molecule has 0 unspecified atom stereocenters. The first kappa shape index (κ1) is 13.3. The maximum Gasteiger partial charge on any atom is 0.267 e. The Balaban J connectivity index is 2.21. The minimum Gasteiger partial charge on any atom is -0.507 e. The van der Waals surface area contributed by atoms with Crippen LogP contribution < -0.4 is 5.32 Å². The Labute approximate surface area is 106 Å². The predicted molar refractivity (Wildman–Crippen MR) is 67.1 cm³/mol. The molecule has 0 radical (unpaired) electrons. The molecule has 2 rings (SSSR count). The van der Waals surface area contributed by atoms with E-state index in [0.29, 0.717) is 17.9 Å². The van der Waals surface area contributed by atoms with Crippen LogP contribution in [0.5, 0.6) is 5.75 Å². The molecule has 0 spiro atoms. The monoisotopic (exact) mass is 255 g/mol. The summed E-state index contributed by atoms with van der Waals surface area (Å²) in [4.78, 5) is 0. The molecule has 0 aliphatic carbocycles. The lowest BCUT2D eigenvalue weighted by atomic mass is 9.89. The normalized spacial score (nSPS) is 17.3. The SMILES string of the molecule is Cc1cc(CC2CCNCC2)c(O)c(C(F)F)c1. The highest BCUT2D eigenvalue weighted by Gasteiger charge is 2.20. The highest BCUT2D eigenvalue weighted by molar-refractivity contribution is 5.44. The van der Waals surface area contributed by atoms with Crippen molar-refractivity contribution < 1.29 is 13.9 Å². The van der Waals surface area contributed by atoms with Gasteiger partial charge < -0.3 is 10.4 Å². The van der Waals surface area contributed by atoms with E-state index in [1.165, 1.54) is 6.07 Å². The second-order valence-corrected chi connectivity index (χ2v) is 5.06. The third-order valence-electron chi connectivity index (χ3n) is 3.57. The Morgan fingerprint density at radius 3 is 2.61 bits per heavy atom. The summed E-state index contributed by atoms with van der Waals surface area (Å²) in [5.74, 6) is 0.263. The molecule has 1 fully saturated rings. The molecule has 1 aliphatic rings. The Morgan fingerprint density at radius 2 is 2.00 bits per heavy atom. The molecule has 1 heterocycles. The van der Waals surface area contributed by atoms with E-state index < -0.39 is 6.43 Å². The number of hydrogen-bond donors (Lipinski definition) is 2. The Bertz CT molecular complexity index is 415. The molecule has 2 nitrogen and oxygen atoms in total. The molecule has 1 aliphatic heterocycles. The fraction of sp³-hybridized carbons (Fsp3) is 0.571. The molecular weight excluding hydrogens is 236 g/mol. The van der Waals surface area contributed by atoms with E-state index in [1.807, 2.05) is 6.07 Å². The lowest BCUT2D eigenvalue weighted by Gasteiger charge is -2.23. The van der Waals surface area contributed by atoms with Gasteiger partial charge in [-0.05, 0) is 56.8 Å². The predicted octanol–water partition coefficient (Wildman–Crippen LogP) is 3.18. The van der Waals surface area contributed by atoms with Crippen LogP contribution in [0.1, 0.15) is 36.0 Å². The van der Waals surface area contributed by atoms with Gasteiger partial charge in [0.15, 0.2) is 0 Å². The van der Waals surface area contributed by atoms with Gasteiger partial charge in [-0.15, -0.1) is 0 Å². The largest absolute Gasteiger partial charge is 0.507 e. The summed E-state index contributed by atoms with van der Waals surface area (Å²) >= 11 is 0. The number of hydrogen-bond acceptors (Lipinski definition) is 2. The van der Waals surface area contributed by atoms with Crippen molar-refractivity contribution in [1.29, 1.82) is 0 Å². The fourth-order valence-electron chi connectivity index (χ4n) is 2.60. The van der Waals surface area contributed by atoms with Gasteiger partial charge in [-0.3, -0.25) is 0 Å². The van der Waals surface area contributed by atoms with Crippen molar-refractivity contribution in [3.05, 3.63) is 28.8 Å². The van der Waals surface area contributed by atoms with E-state index in [2.05, 4.69) is 5.32 Å². The minimum atomic E-state index is -2.61. The van der Waals surface area contributed by atoms with Crippen molar-refractivity contribution in [3.8, 4) is 5.75 Å². The zero-order chi connectivity index (χ0) is 13.1. The zero-order valence-corrected chi connectivity index (χ0v) is 10.5. The number of piperidine rings is 1. The van der Waals surface area contributed by atoms with Gasteiger partial charge in [0.2, 0.25) is 0 Å². The van der Waals surface area contributed by atoms with Crippen molar-refractivity contribution in [1.82, 2.24) is 5.32 Å². The number of phenols is 1. The van der Waals surface area contributed by atoms with E-state index in [1.54, 1.807) is 6.92 Å². The molecule has 100 valence electrons. The summed E-state index contributed by atoms with van der Waals surface area (Å²) < 4.78 is 25.6. The fourth-order valence-corrected chi connectivity index (χ4v) is 2.60. The Kier molecular flexibility index (Phi) is 4.17. The van der Waals surface area contributed by atoms with Crippen LogP contribution in [0.3, 0.4) is 0 Å². The topological polar surface area (TPSA) is 32.3 Å². The third-order valence-corrected chi connectivity index (χ3v) is 3.57. The zero-order valence-electron chi connectivity index (χ0n) is 10.5. The van der Waals surface area contributed by atoms with E-state index in [9.17, 15) is 13.9 Å². The van der Waals surface area contributed by atoms with Crippen LogP contribution in [0, 0.1) is 12.8 Å². The van der Waals surface area contributed by atoms with Crippen molar-refractivity contribution in [2.45, 2.75) is 32.6 Å². The molecule has 0 aromatic heterocycles. The number of nitrogens with one attached hydrogen (secondary N) is 1. The summed E-state index contributed by atoms with van der Waals surface area (Å²) in [6.07, 6.45) is 0.153. The first-order valence-corrected chi connectivity index (χ1v) is 6.39. The summed E-state index contributed by atoms with van der Waals surface area (Å²) in [6.45, 7) is 3.73. The molecular formula is C14H19F2NO. The number of phenolic OH excluding ortho intramolecular Hbond substituents is 1. The van der Waals surface area contributed by atoms with Crippen LogP contribution in [-0.4, -0.2) is 18.2 Å². The van der Waals surface area contributed by atoms with Crippen LogP contribution in [0.25, 0.3) is 0 Å².